The summed E-state index contributed by atoms with van der Waals surface area (Å²) in [5, 5.41) is 0. The van der Waals surface area contributed by atoms with E-state index < -0.39 is 5.41 Å². The highest BCUT2D eigenvalue weighted by Crippen LogP contribution is 2.77. The van der Waals surface area contributed by atoms with Crippen molar-refractivity contribution in [3.63, 3.8) is 0 Å². The van der Waals surface area contributed by atoms with Crippen molar-refractivity contribution in [1.82, 2.24) is 0 Å². The molecule has 10 atom stereocenters. The highest BCUT2D eigenvalue weighted by molar-refractivity contribution is 5.83. The normalized spacial score (nSPS) is 45.7. The summed E-state index contributed by atoms with van der Waals surface area (Å²) in [6.45, 7) is 20.7. The maximum absolute atomic E-state index is 13.9. The predicted octanol–water partition coefficient (Wildman–Crippen LogP) is 8.57. The van der Waals surface area contributed by atoms with E-state index in [9.17, 15) is 14.4 Å². The molecule has 0 aromatic carbocycles. The van der Waals surface area contributed by atoms with Crippen LogP contribution in [0.2, 0.25) is 0 Å². The quantitative estimate of drug-likeness (QED) is 0.280. The first-order valence-corrected chi connectivity index (χ1v) is 17.4. The molecule has 5 rings (SSSR count). The van der Waals surface area contributed by atoms with Crippen LogP contribution in [0.1, 0.15) is 139 Å². The topological polar surface area (TPSA) is 69.7 Å². The summed E-state index contributed by atoms with van der Waals surface area (Å²) in [5.74, 6) is 2.87. The van der Waals surface area contributed by atoms with Gasteiger partial charge in [0.25, 0.3) is 0 Å². The summed E-state index contributed by atoms with van der Waals surface area (Å²) in [4.78, 5) is 38.2. The molecule has 42 heavy (non-hydrogen) atoms. The van der Waals surface area contributed by atoms with Gasteiger partial charge in [-0.1, -0.05) is 55.4 Å². The van der Waals surface area contributed by atoms with Crippen molar-refractivity contribution in [2.45, 2.75) is 145 Å². The molecular formula is C37H60O5. The second kappa shape index (κ2) is 10.9. The lowest BCUT2D eigenvalue weighted by Crippen LogP contribution is -2.67. The lowest BCUT2D eigenvalue weighted by atomic mass is 9.32. The number of rotatable bonds is 7. The van der Waals surface area contributed by atoms with Crippen molar-refractivity contribution in [2.75, 3.05) is 6.61 Å². The third-order valence-electron chi connectivity index (χ3n) is 14.8. The molecule has 5 aliphatic rings. The van der Waals surface area contributed by atoms with E-state index in [1.807, 2.05) is 6.92 Å². The van der Waals surface area contributed by atoms with E-state index in [1.165, 1.54) is 32.6 Å². The zero-order chi connectivity index (χ0) is 30.9. The first kappa shape index (κ1) is 32.0. The zero-order valence-corrected chi connectivity index (χ0v) is 28.3. The summed E-state index contributed by atoms with van der Waals surface area (Å²) in [7, 11) is 0. The second-order valence-electron chi connectivity index (χ2n) is 17.2. The molecule has 0 spiro atoms. The van der Waals surface area contributed by atoms with E-state index >= 15 is 0 Å². The van der Waals surface area contributed by atoms with Crippen molar-refractivity contribution in [3.05, 3.63) is 0 Å². The Balaban J connectivity index is 1.46. The average molecular weight is 585 g/mol. The van der Waals surface area contributed by atoms with E-state index in [4.69, 9.17) is 9.47 Å². The van der Waals surface area contributed by atoms with E-state index in [0.29, 0.717) is 41.9 Å². The minimum absolute atomic E-state index is 0.00695. The average Bonchev–Trinajstić information content (AvgIpc) is 3.31. The molecule has 5 nitrogen and oxygen atoms in total. The fourth-order valence-corrected chi connectivity index (χ4v) is 12.7. The van der Waals surface area contributed by atoms with Gasteiger partial charge in [0.1, 0.15) is 12.7 Å². The van der Waals surface area contributed by atoms with Crippen LogP contribution in [0.3, 0.4) is 0 Å². The molecule has 0 amide bonds. The summed E-state index contributed by atoms with van der Waals surface area (Å²) in [5.41, 5.74) is 0.140. The van der Waals surface area contributed by atoms with Crippen molar-refractivity contribution in [1.29, 1.82) is 0 Å². The third kappa shape index (κ3) is 4.55. The molecule has 0 saturated heterocycles. The molecule has 0 bridgehead atoms. The molecule has 0 aliphatic heterocycles. The van der Waals surface area contributed by atoms with Crippen LogP contribution in [0.5, 0.6) is 0 Å². The number of ether oxygens (including phenoxy) is 2. The van der Waals surface area contributed by atoms with Gasteiger partial charge < -0.3 is 9.47 Å². The predicted molar refractivity (Wildman–Crippen MR) is 165 cm³/mol. The van der Waals surface area contributed by atoms with Gasteiger partial charge in [-0.2, -0.15) is 0 Å². The molecule has 0 aromatic heterocycles. The summed E-state index contributed by atoms with van der Waals surface area (Å²) in [6.07, 6.45) is 12.2. The van der Waals surface area contributed by atoms with Gasteiger partial charge in [0, 0.05) is 11.8 Å². The maximum Gasteiger partial charge on any atom is 0.312 e. The summed E-state index contributed by atoms with van der Waals surface area (Å²) >= 11 is 0. The Kier molecular flexibility index (Phi) is 8.31. The van der Waals surface area contributed by atoms with Gasteiger partial charge in [-0.25, -0.2) is 0 Å². The fraction of sp³-hybridized carbons (Fsp3) is 0.919. The largest absolute Gasteiger partial charge is 0.462 e. The van der Waals surface area contributed by atoms with Gasteiger partial charge in [0.2, 0.25) is 0 Å². The first-order chi connectivity index (χ1) is 19.6. The minimum Gasteiger partial charge on any atom is -0.462 e. The molecule has 0 radical (unpaired) electrons. The van der Waals surface area contributed by atoms with E-state index in [1.54, 1.807) is 0 Å². The van der Waals surface area contributed by atoms with Crippen LogP contribution in [-0.4, -0.2) is 30.4 Å². The second-order valence-corrected chi connectivity index (χ2v) is 17.2. The highest BCUT2D eigenvalue weighted by Gasteiger charge is 2.72. The van der Waals surface area contributed by atoms with Crippen LogP contribution in [0.15, 0.2) is 0 Å². The van der Waals surface area contributed by atoms with E-state index in [0.717, 1.165) is 44.9 Å². The highest BCUT2D eigenvalue weighted by atomic mass is 16.5. The van der Waals surface area contributed by atoms with Crippen molar-refractivity contribution >= 4 is 17.7 Å². The molecule has 5 aliphatic carbocycles. The molecule has 238 valence electrons. The SMILES string of the molecule is CCCC(=O)O[C@@H]1CC[C@@]2(C)C(CC[C@]3(C)C2CCC2C4C(C(C)C)CC[C@]4(C(=O)OCC(C)=O)CC[C@]23C)C1(C)C. The van der Waals surface area contributed by atoms with Crippen molar-refractivity contribution in [3.8, 4) is 0 Å². The van der Waals surface area contributed by atoms with E-state index in [-0.39, 0.29) is 52.1 Å². The van der Waals surface area contributed by atoms with Crippen LogP contribution >= 0.6 is 0 Å². The van der Waals surface area contributed by atoms with Crippen molar-refractivity contribution < 1.29 is 23.9 Å². The Hall–Kier alpha value is -1.39. The van der Waals surface area contributed by atoms with Crippen LogP contribution in [0.4, 0.5) is 0 Å². The van der Waals surface area contributed by atoms with Gasteiger partial charge in [-0.05, 0) is 129 Å². The number of carbonyl (C=O) groups is 3. The summed E-state index contributed by atoms with van der Waals surface area (Å²) < 4.78 is 11.9. The third-order valence-corrected chi connectivity index (χ3v) is 14.8. The number of hydrogen-bond donors (Lipinski definition) is 0. The molecule has 5 saturated carbocycles. The fourth-order valence-electron chi connectivity index (χ4n) is 12.7. The number of esters is 2. The minimum atomic E-state index is -0.429. The first-order valence-electron chi connectivity index (χ1n) is 17.4. The molecule has 0 heterocycles. The van der Waals surface area contributed by atoms with Gasteiger partial charge in [-0.3, -0.25) is 14.4 Å². The molecule has 5 fully saturated rings. The van der Waals surface area contributed by atoms with Gasteiger partial charge in [0.05, 0.1) is 5.41 Å². The van der Waals surface area contributed by atoms with E-state index in [2.05, 4.69) is 48.5 Å². The van der Waals surface area contributed by atoms with Gasteiger partial charge in [0.15, 0.2) is 5.78 Å². The number of Topliss-reactive ketones (excluding diaryl/α,β-unsaturated/α-hetero) is 1. The Bertz CT molecular complexity index is 1080. The van der Waals surface area contributed by atoms with Gasteiger partial charge >= 0.3 is 11.9 Å². The van der Waals surface area contributed by atoms with Crippen molar-refractivity contribution in [2.24, 2.45) is 62.6 Å². The van der Waals surface area contributed by atoms with Crippen LogP contribution in [-0.2, 0) is 23.9 Å². The number of hydrogen-bond acceptors (Lipinski definition) is 5. The molecule has 5 unspecified atom stereocenters. The maximum atomic E-state index is 13.9. The number of fused-ring (bicyclic) bond motifs is 7. The standard InChI is InChI=1S/C37H60O5/c1-10-11-30(39)42-29-16-17-34(7)27(33(29,5)6)15-18-36(9)28(34)13-12-26-31-25(23(2)3)14-19-37(31,21-20-35(26,36)8)32(40)41-22-24(4)38/h23,25-29,31H,10-22H2,1-9H3/t25?,26?,27?,28?,29-,31?,34+,35-,36-,37+/m1/s1. The van der Waals surface area contributed by atoms with Crippen LogP contribution in [0, 0.1) is 62.6 Å². The van der Waals surface area contributed by atoms with Crippen LogP contribution < -0.4 is 0 Å². The summed E-state index contributed by atoms with van der Waals surface area (Å²) in [6, 6.07) is 0. The zero-order valence-electron chi connectivity index (χ0n) is 28.3. The Morgan fingerprint density at radius 3 is 2.17 bits per heavy atom. The van der Waals surface area contributed by atoms with Gasteiger partial charge in [-0.15, -0.1) is 0 Å². The molecule has 5 heteroatoms. The van der Waals surface area contributed by atoms with Crippen LogP contribution in [0.25, 0.3) is 0 Å². The number of ketones is 1. The Labute approximate surface area is 256 Å². The Morgan fingerprint density at radius 2 is 1.52 bits per heavy atom. The molecule has 0 N–H and O–H groups in total. The number of carbonyl (C=O) groups excluding carboxylic acids is 3. The monoisotopic (exact) mass is 584 g/mol. The molecular weight excluding hydrogens is 524 g/mol. The smallest absolute Gasteiger partial charge is 0.312 e. The Morgan fingerprint density at radius 1 is 0.810 bits per heavy atom. The molecule has 0 aromatic rings. The lowest BCUT2D eigenvalue weighted by Gasteiger charge is -2.72. The lowest BCUT2D eigenvalue weighted by molar-refractivity contribution is -0.252.